The number of carbonyl (C=O) groups is 1. The molecule has 0 saturated carbocycles. The quantitative estimate of drug-likeness (QED) is 0.369. The van der Waals surface area contributed by atoms with Crippen molar-refractivity contribution in [3.8, 4) is 0 Å². The highest BCUT2D eigenvalue weighted by atomic mass is 19.4. The molecule has 1 aromatic rings. The van der Waals surface area contributed by atoms with Gasteiger partial charge in [-0.25, -0.2) is 9.78 Å². The van der Waals surface area contributed by atoms with Crippen LogP contribution in [0.25, 0.3) is 0 Å². The zero-order chi connectivity index (χ0) is 17.8. The Labute approximate surface area is 125 Å². The number of aromatic nitrogens is 1. The van der Waals surface area contributed by atoms with E-state index in [0.29, 0.717) is 0 Å². The minimum atomic E-state index is -5.84. The molecule has 1 aromatic heterocycles. The number of nitro groups is 1. The van der Waals surface area contributed by atoms with E-state index in [9.17, 15) is 36.9 Å². The highest BCUT2D eigenvalue weighted by molar-refractivity contribution is 5.96. The summed E-state index contributed by atoms with van der Waals surface area (Å²) in [6.45, 7) is -0.669. The van der Waals surface area contributed by atoms with Crippen molar-refractivity contribution in [1.29, 1.82) is 0 Å². The second-order valence-corrected chi connectivity index (χ2v) is 4.09. The largest absolute Gasteiger partial charge is 0.462 e. The molecule has 0 aliphatic carbocycles. The number of esters is 1. The summed E-state index contributed by atoms with van der Waals surface area (Å²) in [6, 6.07) is 0.892. The Morgan fingerprint density at radius 1 is 1.39 bits per heavy atom. The number of hydrogen-bond acceptors (Lipinski definition) is 6. The van der Waals surface area contributed by atoms with Gasteiger partial charge in [0.15, 0.2) is 0 Å². The van der Waals surface area contributed by atoms with E-state index >= 15 is 0 Å². The average Bonchev–Trinajstić information content (AvgIpc) is 2.43. The summed E-state index contributed by atoms with van der Waals surface area (Å²) in [5, 5.41) is 12.5. The molecule has 7 nitrogen and oxygen atoms in total. The van der Waals surface area contributed by atoms with E-state index in [0.717, 1.165) is 12.3 Å². The van der Waals surface area contributed by atoms with E-state index in [4.69, 9.17) is 0 Å². The molecule has 0 atom stereocenters. The minimum absolute atomic E-state index is 0.118. The fourth-order valence-corrected chi connectivity index (χ4v) is 1.44. The van der Waals surface area contributed by atoms with Crippen molar-refractivity contribution in [2.24, 2.45) is 0 Å². The molecule has 128 valence electrons. The van der Waals surface area contributed by atoms with Gasteiger partial charge in [-0.2, -0.15) is 22.0 Å². The number of halogens is 5. The van der Waals surface area contributed by atoms with Gasteiger partial charge < -0.3 is 10.1 Å². The van der Waals surface area contributed by atoms with Gasteiger partial charge in [0, 0.05) is 6.20 Å². The molecule has 1 heterocycles. The van der Waals surface area contributed by atoms with Gasteiger partial charge in [0.25, 0.3) is 0 Å². The molecule has 0 aliphatic rings. The van der Waals surface area contributed by atoms with Crippen LogP contribution in [0, 0.1) is 10.1 Å². The van der Waals surface area contributed by atoms with E-state index < -0.39 is 46.6 Å². The second kappa shape index (κ2) is 6.71. The second-order valence-electron chi connectivity index (χ2n) is 4.09. The Balaban J connectivity index is 3.15. The lowest BCUT2D eigenvalue weighted by molar-refractivity contribution is -0.384. The molecule has 0 saturated heterocycles. The molecule has 1 rings (SSSR count). The maximum atomic E-state index is 12.9. The molecule has 0 fully saturated rings. The zero-order valence-corrected chi connectivity index (χ0v) is 11.5. The molecular weight excluding hydrogens is 333 g/mol. The first-order valence-corrected chi connectivity index (χ1v) is 6.00. The number of hydrogen-bond donors (Lipinski definition) is 1. The van der Waals surface area contributed by atoms with E-state index in [2.05, 4.69) is 9.72 Å². The Bertz CT molecular complexity index is 606. The molecule has 23 heavy (non-hydrogen) atoms. The molecule has 0 unspecified atom stereocenters. The standard InChI is InChI=1S/C11H10F5N3O4/c1-2-23-9(20)6-3-4-17-8(7(6)19(21)22)18-5-10(12,13)11(14,15)16/h3-4H,2,5H2,1H3,(H,17,18). The van der Waals surface area contributed by atoms with Gasteiger partial charge in [-0.05, 0) is 13.0 Å². The fourth-order valence-electron chi connectivity index (χ4n) is 1.44. The molecule has 0 bridgehead atoms. The molecular formula is C11H10F5N3O4. The lowest BCUT2D eigenvalue weighted by Crippen LogP contribution is -2.42. The van der Waals surface area contributed by atoms with Crippen LogP contribution >= 0.6 is 0 Å². The first-order chi connectivity index (χ1) is 10.5. The molecule has 12 heteroatoms. The third-order valence-electron chi connectivity index (χ3n) is 2.49. The Morgan fingerprint density at radius 2 is 2.00 bits per heavy atom. The molecule has 0 spiro atoms. The zero-order valence-electron chi connectivity index (χ0n) is 11.5. The van der Waals surface area contributed by atoms with Gasteiger partial charge in [0.05, 0.1) is 18.1 Å². The number of carbonyl (C=O) groups excluding carboxylic acids is 1. The third-order valence-corrected chi connectivity index (χ3v) is 2.49. The number of alkyl halides is 5. The van der Waals surface area contributed by atoms with Gasteiger partial charge in [-0.3, -0.25) is 10.1 Å². The third kappa shape index (κ3) is 4.23. The van der Waals surface area contributed by atoms with Crippen LogP contribution in [0.5, 0.6) is 0 Å². The molecule has 1 N–H and O–H groups in total. The normalized spacial score (nSPS) is 11.9. The van der Waals surface area contributed by atoms with Crippen LogP contribution in [-0.4, -0.2) is 41.1 Å². The predicted molar refractivity (Wildman–Crippen MR) is 66.3 cm³/mol. The van der Waals surface area contributed by atoms with Crippen molar-refractivity contribution in [2.45, 2.75) is 19.0 Å². The lowest BCUT2D eigenvalue weighted by Gasteiger charge is -2.20. The predicted octanol–water partition coefficient (Wildman–Crippen LogP) is 2.78. The minimum Gasteiger partial charge on any atom is -0.462 e. The van der Waals surface area contributed by atoms with E-state index in [-0.39, 0.29) is 6.61 Å². The monoisotopic (exact) mass is 343 g/mol. The maximum Gasteiger partial charge on any atom is 0.455 e. The molecule has 0 aromatic carbocycles. The number of nitrogens with zero attached hydrogens (tertiary/aromatic N) is 2. The topological polar surface area (TPSA) is 94.4 Å². The van der Waals surface area contributed by atoms with Crippen molar-refractivity contribution in [3.63, 3.8) is 0 Å². The number of ether oxygens (including phenoxy) is 1. The summed E-state index contributed by atoms with van der Waals surface area (Å²) in [6.07, 6.45) is -5.00. The highest BCUT2D eigenvalue weighted by Gasteiger charge is 2.57. The summed E-state index contributed by atoms with van der Waals surface area (Å²) < 4.78 is 66.5. The summed E-state index contributed by atoms with van der Waals surface area (Å²) in [4.78, 5) is 24.7. The SMILES string of the molecule is CCOC(=O)c1ccnc(NCC(F)(F)C(F)(F)F)c1[N+](=O)[O-]. The highest BCUT2D eigenvalue weighted by Crippen LogP contribution is 2.36. The van der Waals surface area contributed by atoms with Crippen LogP contribution in [0.15, 0.2) is 12.3 Å². The van der Waals surface area contributed by atoms with Crippen molar-refractivity contribution in [1.82, 2.24) is 4.98 Å². The van der Waals surface area contributed by atoms with Crippen LogP contribution < -0.4 is 5.32 Å². The van der Waals surface area contributed by atoms with Gasteiger partial charge >= 0.3 is 23.8 Å². The van der Waals surface area contributed by atoms with Gasteiger partial charge in [0.2, 0.25) is 5.82 Å². The number of pyridine rings is 1. The van der Waals surface area contributed by atoms with E-state index in [1.165, 1.54) is 6.92 Å². The number of nitrogens with one attached hydrogen (secondary N) is 1. The van der Waals surface area contributed by atoms with E-state index in [1.54, 1.807) is 5.32 Å². The summed E-state index contributed by atoms with van der Waals surface area (Å²) >= 11 is 0. The first-order valence-electron chi connectivity index (χ1n) is 6.00. The molecule has 0 amide bonds. The lowest BCUT2D eigenvalue weighted by atomic mass is 10.2. The van der Waals surface area contributed by atoms with Gasteiger partial charge in [-0.1, -0.05) is 0 Å². The van der Waals surface area contributed by atoms with Crippen LogP contribution in [-0.2, 0) is 4.74 Å². The van der Waals surface area contributed by atoms with Crippen LogP contribution in [0.1, 0.15) is 17.3 Å². The summed E-state index contributed by atoms with van der Waals surface area (Å²) in [7, 11) is 0. The molecule has 0 radical (unpaired) electrons. The van der Waals surface area contributed by atoms with Crippen LogP contribution in [0.2, 0.25) is 0 Å². The van der Waals surface area contributed by atoms with Crippen molar-refractivity contribution in [3.05, 3.63) is 27.9 Å². The summed E-state index contributed by atoms with van der Waals surface area (Å²) in [5.41, 5.74) is -1.67. The number of anilines is 1. The smallest absolute Gasteiger partial charge is 0.455 e. The van der Waals surface area contributed by atoms with Crippen LogP contribution in [0.4, 0.5) is 33.5 Å². The van der Waals surface area contributed by atoms with Gasteiger partial charge in [-0.15, -0.1) is 0 Å². The van der Waals surface area contributed by atoms with Crippen LogP contribution in [0.3, 0.4) is 0 Å². The molecule has 0 aliphatic heterocycles. The first kappa shape index (κ1) is 18.5. The average molecular weight is 343 g/mol. The Kier molecular flexibility index (Phi) is 5.40. The van der Waals surface area contributed by atoms with Crippen molar-refractivity contribution < 1.29 is 36.4 Å². The van der Waals surface area contributed by atoms with Crippen molar-refractivity contribution in [2.75, 3.05) is 18.5 Å². The fraction of sp³-hybridized carbons (Fsp3) is 0.455. The van der Waals surface area contributed by atoms with E-state index in [1.807, 2.05) is 0 Å². The van der Waals surface area contributed by atoms with Crippen molar-refractivity contribution >= 4 is 17.5 Å². The Morgan fingerprint density at radius 3 is 2.48 bits per heavy atom. The maximum absolute atomic E-state index is 12.9. The number of rotatable bonds is 6. The van der Waals surface area contributed by atoms with Gasteiger partial charge in [0.1, 0.15) is 5.56 Å². The summed E-state index contributed by atoms with van der Waals surface area (Å²) in [5.74, 6) is -7.17. The Hall–Kier alpha value is -2.53.